The molecule has 2 rings (SSSR count). The van der Waals surface area contributed by atoms with Gasteiger partial charge in [-0.15, -0.1) is 5.10 Å². The second-order valence-electron chi connectivity index (χ2n) is 5.09. The highest BCUT2D eigenvalue weighted by Gasteiger charge is 2.17. The number of methoxy groups -OCH3 is 1. The van der Waals surface area contributed by atoms with Gasteiger partial charge in [-0.2, -0.15) is 0 Å². The van der Waals surface area contributed by atoms with Crippen molar-refractivity contribution in [1.82, 2.24) is 15.0 Å². The molecule has 20 heavy (non-hydrogen) atoms. The van der Waals surface area contributed by atoms with E-state index in [-0.39, 0.29) is 12.5 Å². The SMILES string of the molecule is COC(=O)c1ccc(-c2cn(CC(C)(C)F)nn2)cc1. The summed E-state index contributed by atoms with van der Waals surface area (Å²) in [6, 6.07) is 6.81. The number of benzene rings is 1. The number of hydrogen-bond acceptors (Lipinski definition) is 4. The van der Waals surface area contributed by atoms with E-state index in [9.17, 15) is 9.18 Å². The molecule has 2 aromatic rings. The van der Waals surface area contributed by atoms with Crippen molar-refractivity contribution in [2.24, 2.45) is 0 Å². The molecule has 0 aliphatic rings. The number of halogens is 1. The summed E-state index contributed by atoms with van der Waals surface area (Å²) in [4.78, 5) is 11.3. The lowest BCUT2D eigenvalue weighted by Crippen LogP contribution is -2.21. The number of carbonyl (C=O) groups is 1. The first-order valence-corrected chi connectivity index (χ1v) is 6.17. The standard InChI is InChI=1S/C14H16FN3O2/c1-14(2,15)9-18-8-12(16-17-18)10-4-6-11(7-5-10)13(19)20-3/h4-8H,9H2,1-3H3. The fraction of sp³-hybridized carbons (Fsp3) is 0.357. The zero-order valence-electron chi connectivity index (χ0n) is 11.6. The van der Waals surface area contributed by atoms with Crippen LogP contribution in [-0.4, -0.2) is 33.7 Å². The van der Waals surface area contributed by atoms with Crippen LogP contribution in [0.2, 0.25) is 0 Å². The number of ether oxygens (including phenoxy) is 1. The molecule has 0 atom stereocenters. The van der Waals surface area contributed by atoms with Crippen molar-refractivity contribution >= 4 is 5.97 Å². The fourth-order valence-corrected chi connectivity index (χ4v) is 1.79. The molecule has 0 aliphatic heterocycles. The van der Waals surface area contributed by atoms with Crippen LogP contribution in [0.1, 0.15) is 24.2 Å². The molecule has 106 valence electrons. The smallest absolute Gasteiger partial charge is 0.337 e. The van der Waals surface area contributed by atoms with Gasteiger partial charge in [0.05, 0.1) is 25.4 Å². The van der Waals surface area contributed by atoms with Gasteiger partial charge < -0.3 is 4.74 Å². The molecule has 0 aliphatic carbocycles. The summed E-state index contributed by atoms with van der Waals surface area (Å²) in [5.41, 5.74) is 0.555. The van der Waals surface area contributed by atoms with Gasteiger partial charge >= 0.3 is 5.97 Å². The van der Waals surface area contributed by atoms with E-state index in [1.807, 2.05) is 0 Å². The first-order valence-electron chi connectivity index (χ1n) is 6.17. The quantitative estimate of drug-likeness (QED) is 0.806. The van der Waals surface area contributed by atoms with E-state index in [1.54, 1.807) is 30.5 Å². The predicted molar refractivity (Wildman–Crippen MR) is 72.0 cm³/mol. The minimum atomic E-state index is -1.35. The summed E-state index contributed by atoms with van der Waals surface area (Å²) in [6.45, 7) is 3.11. The van der Waals surface area contributed by atoms with Gasteiger partial charge in [0, 0.05) is 5.56 Å². The Morgan fingerprint density at radius 1 is 1.35 bits per heavy atom. The molecule has 0 saturated heterocycles. The van der Waals surface area contributed by atoms with E-state index >= 15 is 0 Å². The summed E-state index contributed by atoms with van der Waals surface area (Å²) < 4.78 is 19.6. The molecule has 5 nitrogen and oxygen atoms in total. The topological polar surface area (TPSA) is 57.0 Å². The summed E-state index contributed by atoms with van der Waals surface area (Å²) in [7, 11) is 1.33. The number of carbonyl (C=O) groups excluding carboxylic acids is 1. The maximum Gasteiger partial charge on any atom is 0.337 e. The van der Waals surface area contributed by atoms with Gasteiger partial charge in [-0.25, -0.2) is 13.9 Å². The van der Waals surface area contributed by atoms with Gasteiger partial charge in [-0.05, 0) is 26.0 Å². The van der Waals surface area contributed by atoms with Gasteiger partial charge in [0.1, 0.15) is 11.4 Å². The van der Waals surface area contributed by atoms with Crippen LogP contribution in [0.4, 0.5) is 4.39 Å². The Morgan fingerprint density at radius 3 is 2.55 bits per heavy atom. The summed E-state index contributed by atoms with van der Waals surface area (Å²) in [5.74, 6) is -0.389. The lowest BCUT2D eigenvalue weighted by atomic mass is 10.1. The molecule has 0 N–H and O–H groups in total. The molecule has 1 aromatic heterocycles. The highest BCUT2D eigenvalue weighted by Crippen LogP contribution is 2.18. The Morgan fingerprint density at radius 2 is 2.00 bits per heavy atom. The minimum absolute atomic E-state index is 0.139. The molecule has 0 unspecified atom stereocenters. The van der Waals surface area contributed by atoms with Crippen LogP contribution in [0.25, 0.3) is 11.3 Å². The maximum absolute atomic E-state index is 13.5. The zero-order valence-corrected chi connectivity index (χ0v) is 11.6. The van der Waals surface area contributed by atoms with Gasteiger partial charge in [-0.3, -0.25) is 0 Å². The number of rotatable bonds is 4. The van der Waals surface area contributed by atoms with Crippen LogP contribution in [0.5, 0.6) is 0 Å². The third-order valence-electron chi connectivity index (χ3n) is 2.68. The van der Waals surface area contributed by atoms with E-state index in [2.05, 4.69) is 15.0 Å². The maximum atomic E-state index is 13.5. The van der Waals surface area contributed by atoms with E-state index < -0.39 is 5.67 Å². The van der Waals surface area contributed by atoms with Crippen LogP contribution in [0.15, 0.2) is 30.5 Å². The van der Waals surface area contributed by atoms with Gasteiger partial charge in [-0.1, -0.05) is 17.3 Å². The highest BCUT2D eigenvalue weighted by atomic mass is 19.1. The van der Waals surface area contributed by atoms with Crippen molar-refractivity contribution in [1.29, 1.82) is 0 Å². The molecule has 0 spiro atoms. The molecule has 0 fully saturated rings. The average molecular weight is 277 g/mol. The summed E-state index contributed by atoms with van der Waals surface area (Å²) >= 11 is 0. The largest absolute Gasteiger partial charge is 0.465 e. The van der Waals surface area contributed by atoms with Crippen LogP contribution in [0, 0.1) is 0 Å². The van der Waals surface area contributed by atoms with Crippen LogP contribution in [-0.2, 0) is 11.3 Å². The van der Waals surface area contributed by atoms with E-state index in [1.165, 1.54) is 25.6 Å². The van der Waals surface area contributed by atoms with E-state index in [0.29, 0.717) is 11.3 Å². The molecule has 0 radical (unpaired) electrons. The normalized spacial score (nSPS) is 11.4. The number of esters is 1. The molecule has 0 saturated carbocycles. The third kappa shape index (κ3) is 3.40. The number of aromatic nitrogens is 3. The number of hydrogen-bond donors (Lipinski definition) is 0. The zero-order chi connectivity index (χ0) is 14.8. The summed E-state index contributed by atoms with van der Waals surface area (Å²) in [6.07, 6.45) is 1.68. The average Bonchev–Trinajstić information content (AvgIpc) is 2.84. The highest BCUT2D eigenvalue weighted by molar-refractivity contribution is 5.89. The first kappa shape index (κ1) is 14.2. The van der Waals surface area contributed by atoms with Crippen LogP contribution < -0.4 is 0 Å². The van der Waals surface area contributed by atoms with Crippen LogP contribution >= 0.6 is 0 Å². The lowest BCUT2D eigenvalue weighted by Gasteiger charge is -2.12. The van der Waals surface area contributed by atoms with Crippen molar-refractivity contribution < 1.29 is 13.9 Å². The van der Waals surface area contributed by atoms with Crippen molar-refractivity contribution in [3.63, 3.8) is 0 Å². The van der Waals surface area contributed by atoms with Gasteiger partial charge in [0.15, 0.2) is 0 Å². The molecule has 1 heterocycles. The monoisotopic (exact) mass is 277 g/mol. The van der Waals surface area contributed by atoms with Crippen molar-refractivity contribution in [2.75, 3.05) is 7.11 Å². The molecular formula is C14H16FN3O2. The number of alkyl halides is 1. The Balaban J connectivity index is 2.18. The van der Waals surface area contributed by atoms with E-state index in [0.717, 1.165) is 5.56 Å². The van der Waals surface area contributed by atoms with Crippen LogP contribution in [0.3, 0.4) is 0 Å². The third-order valence-corrected chi connectivity index (χ3v) is 2.68. The van der Waals surface area contributed by atoms with Gasteiger partial charge in [0.25, 0.3) is 0 Å². The Labute approximate surface area is 116 Å². The van der Waals surface area contributed by atoms with E-state index in [4.69, 9.17) is 0 Å². The molecule has 0 amide bonds. The Bertz CT molecular complexity index is 600. The molecule has 6 heteroatoms. The van der Waals surface area contributed by atoms with Crippen molar-refractivity contribution in [3.05, 3.63) is 36.0 Å². The first-order chi connectivity index (χ1) is 9.39. The predicted octanol–water partition coefficient (Wildman–Crippen LogP) is 2.48. The molecular weight excluding hydrogens is 261 g/mol. The summed E-state index contributed by atoms with van der Waals surface area (Å²) in [5, 5.41) is 7.88. The van der Waals surface area contributed by atoms with Crippen molar-refractivity contribution in [3.8, 4) is 11.3 Å². The van der Waals surface area contributed by atoms with Crippen molar-refractivity contribution in [2.45, 2.75) is 26.1 Å². The molecule has 0 bridgehead atoms. The van der Waals surface area contributed by atoms with Gasteiger partial charge in [0.2, 0.25) is 0 Å². The molecule has 1 aromatic carbocycles. The Kier molecular flexibility index (Phi) is 3.83. The second kappa shape index (κ2) is 5.40. The Hall–Kier alpha value is -2.24. The fourth-order valence-electron chi connectivity index (χ4n) is 1.79. The minimum Gasteiger partial charge on any atom is -0.465 e. The number of nitrogens with zero attached hydrogens (tertiary/aromatic N) is 3. The lowest BCUT2D eigenvalue weighted by molar-refractivity contribution is 0.0600. The second-order valence-corrected chi connectivity index (χ2v) is 5.09.